The Morgan fingerprint density at radius 1 is 0.413 bits per heavy atom. The normalized spacial score (nSPS) is 11.9. The summed E-state index contributed by atoms with van der Waals surface area (Å²) in [7, 11) is 1.65. The van der Waals surface area contributed by atoms with Gasteiger partial charge in [-0.15, -0.1) is 0 Å². The molecule has 5 heterocycles. The molecule has 9 rings (SSSR count). The predicted molar refractivity (Wildman–Crippen MR) is 252 cm³/mol. The van der Waals surface area contributed by atoms with Crippen LogP contribution in [0, 0.1) is 0 Å². The van der Waals surface area contributed by atoms with Crippen molar-refractivity contribution in [3.63, 3.8) is 0 Å². The summed E-state index contributed by atoms with van der Waals surface area (Å²) in [5, 5.41) is 8.82. The zero-order valence-corrected chi connectivity index (χ0v) is 35.1. The lowest BCUT2D eigenvalue weighted by Gasteiger charge is -2.13. The van der Waals surface area contributed by atoms with Crippen molar-refractivity contribution in [1.29, 1.82) is 0 Å². The number of methoxy groups -OCH3 is 1. The molecule has 4 aromatic carbocycles. The summed E-state index contributed by atoms with van der Waals surface area (Å²) in [4.78, 5) is 18.4. The maximum Gasteiger partial charge on any atom is 0.161 e. The number of nitrogens with one attached hydrogen (secondary N) is 2. The van der Waals surface area contributed by atoms with Crippen molar-refractivity contribution in [1.82, 2.24) is 19.9 Å². The van der Waals surface area contributed by atoms with E-state index < -0.39 is 0 Å². The van der Waals surface area contributed by atoms with Crippen LogP contribution in [0.3, 0.4) is 0 Å². The molecule has 0 fully saturated rings. The smallest absolute Gasteiger partial charge is 0.161 e. The van der Waals surface area contributed by atoms with Crippen LogP contribution in [0.4, 0.5) is 0 Å². The van der Waals surface area contributed by atoms with Crippen molar-refractivity contribution < 1.29 is 28.8 Å². The molecule has 0 atom stereocenters. The molecular weight excluding hydrogens is 789 g/mol. The fourth-order valence-electron chi connectivity index (χ4n) is 7.99. The Labute approximate surface area is 366 Å². The van der Waals surface area contributed by atoms with Crippen molar-refractivity contribution in [3.8, 4) is 56.0 Å². The monoisotopic (exact) mass is 836 g/mol. The highest BCUT2D eigenvalue weighted by atomic mass is 16.6. The summed E-state index contributed by atoms with van der Waals surface area (Å²) in [6.07, 6.45) is 8.41. The zero-order valence-electron chi connectivity index (χ0n) is 35.1. The number of aromatic amines is 2. The van der Waals surface area contributed by atoms with Gasteiger partial charge in [-0.2, -0.15) is 0 Å². The number of aromatic nitrogens is 4. The number of nitrogens with zero attached hydrogens (tertiary/aromatic N) is 2. The van der Waals surface area contributed by atoms with E-state index in [1.165, 1.54) is 0 Å². The second-order valence-corrected chi connectivity index (χ2v) is 14.9. The van der Waals surface area contributed by atoms with Gasteiger partial charge in [0.2, 0.25) is 0 Å². The highest BCUT2D eigenvalue weighted by Crippen LogP contribution is 2.40. The van der Waals surface area contributed by atoms with Gasteiger partial charge in [-0.1, -0.05) is 97.1 Å². The van der Waals surface area contributed by atoms with Gasteiger partial charge < -0.3 is 38.8 Å². The molecule has 0 unspecified atom stereocenters. The third kappa shape index (κ3) is 9.25. The molecule has 2 aliphatic heterocycles. The topological polar surface area (TPSA) is 124 Å². The quantitative estimate of drug-likeness (QED) is 0.0775. The number of hydrogen-bond acceptors (Lipinski definition) is 8. The highest BCUT2D eigenvalue weighted by molar-refractivity contribution is 5.99. The van der Waals surface area contributed by atoms with Gasteiger partial charge in [-0.3, -0.25) is 0 Å². The maximum atomic E-state index is 8.82. The Balaban J connectivity index is 1.19. The summed E-state index contributed by atoms with van der Waals surface area (Å²) in [6, 6.07) is 45.7. The standard InChI is InChI=1S/C53H48N4O6/c1-59-49-35-39(17-26-48(49)63-34-33-62-32-31-61-30-29-60-28-27-58)53-46-24-22-44(56-46)51(37-13-7-3-8-14-37)42-20-18-40(54-42)50(36-11-5-2-6-12-36)41-19-21-43(55-41)52(38-15-9-4-10-16-38)45-23-25-47(53)57-45/h2-26,35,54,57-58H,27-34H2,1H3. The summed E-state index contributed by atoms with van der Waals surface area (Å²) >= 11 is 0. The van der Waals surface area contributed by atoms with Crippen molar-refractivity contribution in [2.24, 2.45) is 0 Å². The average molecular weight is 837 g/mol. The number of benzene rings is 4. The molecule has 3 aromatic heterocycles. The first kappa shape index (κ1) is 41.3. The molecule has 8 bridgehead atoms. The van der Waals surface area contributed by atoms with Crippen LogP contribution in [0.1, 0.15) is 22.8 Å². The third-order valence-corrected chi connectivity index (χ3v) is 10.9. The van der Waals surface area contributed by atoms with Crippen molar-refractivity contribution in [2.75, 3.05) is 60.0 Å². The molecule has 0 saturated heterocycles. The minimum atomic E-state index is 0.0000105. The Morgan fingerprint density at radius 2 is 0.794 bits per heavy atom. The van der Waals surface area contributed by atoms with Crippen LogP contribution < -0.4 is 9.47 Å². The molecular formula is C53H48N4O6. The number of fused-ring (bicyclic) bond motifs is 8. The zero-order chi connectivity index (χ0) is 42.8. The van der Waals surface area contributed by atoms with E-state index in [-0.39, 0.29) is 6.61 Å². The minimum Gasteiger partial charge on any atom is -0.493 e. The molecule has 0 radical (unpaired) electrons. The number of ether oxygens (including phenoxy) is 5. The second-order valence-electron chi connectivity index (χ2n) is 14.9. The number of hydrogen-bond donors (Lipinski definition) is 3. The first-order valence-corrected chi connectivity index (χ1v) is 21.2. The van der Waals surface area contributed by atoms with Gasteiger partial charge in [0.25, 0.3) is 0 Å². The van der Waals surface area contributed by atoms with E-state index in [0.29, 0.717) is 57.7 Å². The maximum absolute atomic E-state index is 8.82. The average Bonchev–Trinajstić information content (AvgIpc) is 4.18. The third-order valence-electron chi connectivity index (χ3n) is 10.9. The number of aliphatic hydroxyl groups excluding tert-OH is 1. The van der Waals surface area contributed by atoms with Crippen molar-refractivity contribution >= 4 is 46.4 Å². The Kier molecular flexibility index (Phi) is 12.9. The minimum absolute atomic E-state index is 0.0000105. The molecule has 0 spiro atoms. The Bertz CT molecular complexity index is 2870. The van der Waals surface area contributed by atoms with E-state index in [2.05, 4.69) is 131 Å². The first-order valence-electron chi connectivity index (χ1n) is 21.2. The molecule has 7 aromatic rings. The van der Waals surface area contributed by atoms with Crippen LogP contribution in [0.5, 0.6) is 11.5 Å². The second kappa shape index (κ2) is 19.7. The summed E-state index contributed by atoms with van der Waals surface area (Å²) in [5.74, 6) is 1.19. The van der Waals surface area contributed by atoms with Crippen LogP contribution >= 0.6 is 0 Å². The molecule has 0 aliphatic carbocycles. The predicted octanol–water partition coefficient (Wildman–Crippen LogP) is 10.8. The summed E-state index contributed by atoms with van der Waals surface area (Å²) in [5.41, 5.74) is 15.0. The Hall–Kier alpha value is -7.08. The lowest BCUT2D eigenvalue weighted by atomic mass is 10.0. The largest absolute Gasteiger partial charge is 0.493 e. The van der Waals surface area contributed by atoms with Crippen LogP contribution in [-0.2, 0) is 14.2 Å². The fourth-order valence-corrected chi connectivity index (χ4v) is 7.99. The van der Waals surface area contributed by atoms with Gasteiger partial charge in [0.1, 0.15) is 6.61 Å². The number of aliphatic hydroxyl groups is 1. The molecule has 2 aliphatic rings. The van der Waals surface area contributed by atoms with E-state index in [0.717, 1.165) is 89.4 Å². The Morgan fingerprint density at radius 3 is 1.19 bits per heavy atom. The van der Waals surface area contributed by atoms with Gasteiger partial charge in [0.15, 0.2) is 11.5 Å². The van der Waals surface area contributed by atoms with Crippen LogP contribution in [0.25, 0.3) is 90.9 Å². The number of rotatable bonds is 17. The summed E-state index contributed by atoms with van der Waals surface area (Å²) < 4.78 is 28.6. The van der Waals surface area contributed by atoms with Crippen LogP contribution in [0.2, 0.25) is 0 Å². The van der Waals surface area contributed by atoms with Gasteiger partial charge in [0.05, 0.1) is 76.1 Å². The van der Waals surface area contributed by atoms with Gasteiger partial charge in [0, 0.05) is 44.3 Å². The SMILES string of the molecule is COc1cc(-c2c3nc(c(-c4ccccc4)c4ccc([nH]4)c(-c4ccccc4)c4nc(c(-c5ccccc5)c5ccc2[nH]5)C=C4)C=C3)ccc1OCCOCCOCCOCCO. The molecule has 3 N–H and O–H groups in total. The van der Waals surface area contributed by atoms with Crippen LogP contribution in [0.15, 0.2) is 133 Å². The van der Waals surface area contributed by atoms with E-state index in [4.69, 9.17) is 38.8 Å². The molecule has 10 heteroatoms. The fraction of sp³-hybridized carbons (Fsp3) is 0.170. The first-order chi connectivity index (χ1) is 31.2. The molecule has 0 amide bonds. The van der Waals surface area contributed by atoms with Crippen LogP contribution in [-0.4, -0.2) is 85.0 Å². The lowest BCUT2D eigenvalue weighted by Crippen LogP contribution is -2.13. The van der Waals surface area contributed by atoms with Gasteiger partial charge in [-0.25, -0.2) is 9.97 Å². The molecule has 316 valence electrons. The molecule has 63 heavy (non-hydrogen) atoms. The van der Waals surface area contributed by atoms with Crippen molar-refractivity contribution in [2.45, 2.75) is 0 Å². The van der Waals surface area contributed by atoms with Gasteiger partial charge >= 0.3 is 0 Å². The van der Waals surface area contributed by atoms with E-state index in [1.54, 1.807) is 7.11 Å². The summed E-state index contributed by atoms with van der Waals surface area (Å²) in [6.45, 7) is 2.77. The van der Waals surface area contributed by atoms with Gasteiger partial charge in [-0.05, 0) is 83.0 Å². The molecule has 10 nitrogen and oxygen atoms in total. The van der Waals surface area contributed by atoms with Crippen molar-refractivity contribution in [3.05, 3.63) is 156 Å². The highest BCUT2D eigenvalue weighted by Gasteiger charge is 2.20. The number of H-pyrrole nitrogens is 2. The van der Waals surface area contributed by atoms with E-state index >= 15 is 0 Å². The van der Waals surface area contributed by atoms with E-state index in [9.17, 15) is 0 Å². The molecule has 0 saturated carbocycles. The van der Waals surface area contributed by atoms with E-state index in [1.807, 2.05) is 36.4 Å². The lowest BCUT2D eigenvalue weighted by molar-refractivity contribution is 0.00352.